The molecule has 3 rings (SSSR count). The van der Waals surface area contributed by atoms with Crippen molar-refractivity contribution in [1.29, 1.82) is 0 Å². The van der Waals surface area contributed by atoms with Crippen molar-refractivity contribution in [1.82, 2.24) is 10.2 Å². The zero-order valence-electron chi connectivity index (χ0n) is 17.1. The van der Waals surface area contributed by atoms with Crippen molar-refractivity contribution in [3.8, 4) is 0 Å². The van der Waals surface area contributed by atoms with E-state index in [1.54, 1.807) is 0 Å². The molecule has 0 radical (unpaired) electrons. The van der Waals surface area contributed by atoms with Gasteiger partial charge in [0, 0.05) is 32.2 Å². The minimum atomic E-state index is -1.51. The Morgan fingerprint density at radius 3 is 2.56 bits per heavy atom. The highest BCUT2D eigenvalue weighted by Gasteiger charge is 2.43. The van der Waals surface area contributed by atoms with Crippen molar-refractivity contribution < 1.29 is 14.6 Å². The maximum atomic E-state index is 12.2. The van der Waals surface area contributed by atoms with Crippen LogP contribution in [0.1, 0.15) is 46.1 Å². The molecular formula is C22H34N2O3. The van der Waals surface area contributed by atoms with Crippen LogP contribution in [0.4, 0.5) is 0 Å². The first-order valence-electron chi connectivity index (χ1n) is 10.1. The van der Waals surface area contributed by atoms with Gasteiger partial charge >= 0.3 is 5.97 Å². The lowest BCUT2D eigenvalue weighted by Gasteiger charge is -2.30. The van der Waals surface area contributed by atoms with Crippen LogP contribution in [0.15, 0.2) is 30.3 Å². The molecule has 2 N–H and O–H groups in total. The standard InChI is InChI=1S/C22H34N2O3/c1-21(2,3)27-20(25)22(4,26)15-23-19-11-10-17-13-24(14-18(17)19)12-16-8-6-5-7-9-16/h5-9,17-19,23,26H,10-15H2,1-4H3/t17-,18+,19+,22+/m0/s1. The molecule has 0 amide bonds. The predicted octanol–water partition coefficient (Wildman–Crippen LogP) is 2.58. The number of ether oxygens (including phenoxy) is 1. The number of fused-ring (bicyclic) bond motifs is 1. The van der Waals surface area contributed by atoms with Gasteiger partial charge in [0.05, 0.1) is 0 Å². The van der Waals surface area contributed by atoms with E-state index >= 15 is 0 Å². The number of likely N-dealkylation sites (tertiary alicyclic amines) is 1. The van der Waals surface area contributed by atoms with Gasteiger partial charge in [-0.25, -0.2) is 4.79 Å². The summed E-state index contributed by atoms with van der Waals surface area (Å²) in [4.78, 5) is 14.8. The first-order chi connectivity index (χ1) is 12.6. The number of nitrogens with one attached hydrogen (secondary N) is 1. The molecule has 0 aromatic heterocycles. The zero-order valence-corrected chi connectivity index (χ0v) is 17.1. The van der Waals surface area contributed by atoms with Gasteiger partial charge in [-0.15, -0.1) is 0 Å². The number of esters is 1. The molecule has 2 fully saturated rings. The van der Waals surface area contributed by atoms with Crippen LogP contribution in [0.2, 0.25) is 0 Å². The lowest BCUT2D eigenvalue weighted by atomic mass is 9.97. The quantitative estimate of drug-likeness (QED) is 0.750. The highest BCUT2D eigenvalue weighted by atomic mass is 16.6. The fourth-order valence-corrected chi connectivity index (χ4v) is 4.37. The summed E-state index contributed by atoms with van der Waals surface area (Å²) in [5.41, 5.74) is -0.744. The third-order valence-corrected chi connectivity index (χ3v) is 5.73. The third kappa shape index (κ3) is 5.31. The van der Waals surface area contributed by atoms with Gasteiger partial charge in [-0.05, 0) is 57.9 Å². The van der Waals surface area contributed by atoms with Crippen LogP contribution in [0.3, 0.4) is 0 Å². The highest BCUT2D eigenvalue weighted by Crippen LogP contribution is 2.38. The van der Waals surface area contributed by atoms with Crippen molar-refractivity contribution in [2.45, 2.75) is 64.3 Å². The number of hydrogen-bond acceptors (Lipinski definition) is 5. The van der Waals surface area contributed by atoms with Crippen molar-refractivity contribution in [3.63, 3.8) is 0 Å². The van der Waals surface area contributed by atoms with E-state index in [1.807, 2.05) is 20.8 Å². The van der Waals surface area contributed by atoms with Crippen molar-refractivity contribution >= 4 is 5.97 Å². The summed E-state index contributed by atoms with van der Waals surface area (Å²) in [6.45, 7) is 10.4. The average Bonchev–Trinajstić information content (AvgIpc) is 3.12. The van der Waals surface area contributed by atoms with E-state index in [4.69, 9.17) is 4.74 Å². The summed E-state index contributed by atoms with van der Waals surface area (Å²) in [5.74, 6) is 0.731. The van der Waals surface area contributed by atoms with Crippen molar-refractivity contribution in [3.05, 3.63) is 35.9 Å². The second kappa shape index (κ2) is 7.90. The van der Waals surface area contributed by atoms with E-state index in [0.29, 0.717) is 17.9 Å². The smallest absolute Gasteiger partial charge is 0.339 e. The first kappa shape index (κ1) is 20.3. The van der Waals surface area contributed by atoms with Gasteiger partial charge in [0.2, 0.25) is 0 Å². The van der Waals surface area contributed by atoms with Crippen LogP contribution in [0.25, 0.3) is 0 Å². The number of aliphatic hydroxyl groups is 1. The molecule has 0 unspecified atom stereocenters. The molecule has 0 spiro atoms. The maximum Gasteiger partial charge on any atom is 0.339 e. The number of carbonyl (C=O) groups excluding carboxylic acids is 1. The molecule has 0 bridgehead atoms. The SMILES string of the molecule is CC(C)(C)OC(=O)[C@](C)(O)CN[C@@H]1CC[C@H]2CN(Cc3ccccc3)C[C@H]21. The second-order valence-corrected chi connectivity index (χ2v) is 9.44. The van der Waals surface area contributed by atoms with Crippen LogP contribution in [0.5, 0.6) is 0 Å². The topological polar surface area (TPSA) is 61.8 Å². The number of carbonyl (C=O) groups is 1. The summed E-state index contributed by atoms with van der Waals surface area (Å²) in [6, 6.07) is 11.0. The maximum absolute atomic E-state index is 12.2. The molecular weight excluding hydrogens is 340 g/mol. The van der Waals surface area contributed by atoms with Gasteiger partial charge in [0.15, 0.2) is 5.60 Å². The Bertz CT molecular complexity index is 639. The Morgan fingerprint density at radius 2 is 1.89 bits per heavy atom. The van der Waals surface area contributed by atoms with E-state index in [1.165, 1.54) is 18.9 Å². The van der Waals surface area contributed by atoms with Gasteiger partial charge in [0.1, 0.15) is 5.60 Å². The van der Waals surface area contributed by atoms with Gasteiger partial charge in [-0.2, -0.15) is 0 Å². The van der Waals surface area contributed by atoms with Crippen molar-refractivity contribution in [2.24, 2.45) is 11.8 Å². The van der Waals surface area contributed by atoms with Gasteiger partial charge < -0.3 is 15.2 Å². The van der Waals surface area contributed by atoms with Crippen LogP contribution in [-0.4, -0.2) is 52.9 Å². The Morgan fingerprint density at radius 1 is 1.19 bits per heavy atom. The molecule has 1 aromatic carbocycles. The molecule has 1 aliphatic heterocycles. The molecule has 5 nitrogen and oxygen atoms in total. The Hall–Kier alpha value is -1.43. The van der Waals surface area contributed by atoms with Crippen LogP contribution in [-0.2, 0) is 16.1 Å². The Balaban J connectivity index is 1.51. The van der Waals surface area contributed by atoms with E-state index in [9.17, 15) is 9.90 Å². The second-order valence-electron chi connectivity index (χ2n) is 9.44. The lowest BCUT2D eigenvalue weighted by Crippen LogP contribution is -2.51. The van der Waals surface area contributed by atoms with Crippen molar-refractivity contribution in [2.75, 3.05) is 19.6 Å². The number of benzene rings is 1. The fourth-order valence-electron chi connectivity index (χ4n) is 4.37. The molecule has 5 heteroatoms. The Kier molecular flexibility index (Phi) is 5.94. The third-order valence-electron chi connectivity index (χ3n) is 5.73. The molecule has 27 heavy (non-hydrogen) atoms. The number of hydrogen-bond donors (Lipinski definition) is 2. The van der Waals surface area contributed by atoms with Gasteiger partial charge in [-0.1, -0.05) is 30.3 Å². The molecule has 1 aromatic rings. The summed E-state index contributed by atoms with van der Waals surface area (Å²) in [6.07, 6.45) is 2.32. The normalized spacial score (nSPS) is 28.0. The first-order valence-corrected chi connectivity index (χ1v) is 10.1. The molecule has 150 valence electrons. The minimum absolute atomic E-state index is 0.231. The Labute approximate surface area is 163 Å². The molecule has 1 aliphatic carbocycles. The zero-order chi connectivity index (χ0) is 19.7. The predicted molar refractivity (Wildman–Crippen MR) is 106 cm³/mol. The summed E-state index contributed by atoms with van der Waals surface area (Å²) in [7, 11) is 0. The summed E-state index contributed by atoms with van der Waals surface area (Å²) in [5, 5.41) is 14.0. The van der Waals surface area contributed by atoms with Crippen LogP contribution >= 0.6 is 0 Å². The average molecular weight is 375 g/mol. The minimum Gasteiger partial charge on any atom is -0.458 e. The van der Waals surface area contributed by atoms with E-state index in [0.717, 1.165) is 26.1 Å². The van der Waals surface area contributed by atoms with E-state index in [2.05, 4.69) is 40.5 Å². The number of rotatable bonds is 6. The van der Waals surface area contributed by atoms with Crippen LogP contribution < -0.4 is 5.32 Å². The monoisotopic (exact) mass is 374 g/mol. The highest BCUT2D eigenvalue weighted by molar-refractivity contribution is 5.79. The molecule has 4 atom stereocenters. The molecule has 1 heterocycles. The lowest BCUT2D eigenvalue weighted by molar-refractivity contribution is -0.175. The van der Waals surface area contributed by atoms with Gasteiger partial charge in [-0.3, -0.25) is 4.90 Å². The van der Waals surface area contributed by atoms with Crippen LogP contribution in [0, 0.1) is 11.8 Å². The molecule has 1 saturated carbocycles. The summed E-state index contributed by atoms with van der Waals surface area (Å²) >= 11 is 0. The van der Waals surface area contributed by atoms with Gasteiger partial charge in [0.25, 0.3) is 0 Å². The molecule has 2 aliphatic rings. The van der Waals surface area contributed by atoms with E-state index in [-0.39, 0.29) is 6.54 Å². The van der Waals surface area contributed by atoms with E-state index < -0.39 is 17.2 Å². The summed E-state index contributed by atoms with van der Waals surface area (Å²) < 4.78 is 5.35. The molecule has 1 saturated heterocycles. The fraction of sp³-hybridized carbons (Fsp3) is 0.682. The largest absolute Gasteiger partial charge is 0.458 e. The number of nitrogens with zero attached hydrogens (tertiary/aromatic N) is 1.